The molecule has 0 unspecified atom stereocenters. The van der Waals surface area contributed by atoms with Gasteiger partial charge in [-0.3, -0.25) is 0 Å². The minimum absolute atomic E-state index is 0.0165. The van der Waals surface area contributed by atoms with Crippen LogP contribution >= 0.6 is 23.2 Å². The second kappa shape index (κ2) is 4.96. The molecule has 0 aliphatic heterocycles. The zero-order valence-corrected chi connectivity index (χ0v) is 8.70. The van der Waals surface area contributed by atoms with Gasteiger partial charge in [0.15, 0.2) is 0 Å². The van der Waals surface area contributed by atoms with Crippen molar-refractivity contribution in [1.29, 1.82) is 0 Å². The van der Waals surface area contributed by atoms with Crippen LogP contribution in [-0.2, 0) is 11.3 Å². The fourth-order valence-electron chi connectivity index (χ4n) is 0.740. The molecule has 1 aromatic heterocycles. The van der Waals surface area contributed by atoms with Crippen LogP contribution in [0, 0.1) is 0 Å². The molecule has 0 aromatic carbocycles. The molecule has 8 heteroatoms. The Morgan fingerprint density at radius 1 is 1.33 bits per heavy atom. The molecule has 15 heavy (non-hydrogen) atoms. The molecule has 3 nitrogen and oxygen atoms in total. The van der Waals surface area contributed by atoms with E-state index in [0.29, 0.717) is 0 Å². The van der Waals surface area contributed by atoms with Crippen molar-refractivity contribution in [2.24, 2.45) is 0 Å². The van der Waals surface area contributed by atoms with Gasteiger partial charge in [-0.2, -0.15) is 13.2 Å². The Labute approximate surface area is 93.2 Å². The molecule has 0 aliphatic rings. The smallest absolute Gasteiger partial charge is 0.367 e. The molecule has 0 bridgehead atoms. The summed E-state index contributed by atoms with van der Waals surface area (Å²) in [4.78, 5) is 7.11. The van der Waals surface area contributed by atoms with E-state index in [1.54, 1.807) is 0 Å². The van der Waals surface area contributed by atoms with Crippen LogP contribution in [0.25, 0.3) is 0 Å². The third-order valence-electron chi connectivity index (χ3n) is 1.31. The number of nitrogens with zero attached hydrogens (tertiary/aromatic N) is 2. The molecule has 1 aromatic rings. The number of ether oxygens (including phenoxy) is 1. The van der Waals surface area contributed by atoms with Crippen LogP contribution in [0.5, 0.6) is 0 Å². The van der Waals surface area contributed by atoms with E-state index in [9.17, 15) is 13.2 Å². The number of halogens is 5. The Morgan fingerprint density at radius 2 is 2.00 bits per heavy atom. The summed E-state index contributed by atoms with van der Waals surface area (Å²) in [6, 6.07) is 0. The van der Waals surface area contributed by atoms with Crippen molar-refractivity contribution in [3.63, 3.8) is 0 Å². The van der Waals surface area contributed by atoms with Crippen LogP contribution in [0.2, 0.25) is 10.4 Å². The lowest BCUT2D eigenvalue weighted by Crippen LogP contribution is -2.16. The van der Waals surface area contributed by atoms with E-state index in [0.717, 1.165) is 0 Å². The highest BCUT2D eigenvalue weighted by atomic mass is 35.5. The highest BCUT2D eigenvalue weighted by Crippen LogP contribution is 2.18. The largest absolute Gasteiger partial charge is 0.411 e. The maximum absolute atomic E-state index is 11.7. The zero-order valence-electron chi connectivity index (χ0n) is 7.18. The number of hydrogen-bond acceptors (Lipinski definition) is 3. The van der Waals surface area contributed by atoms with Crippen LogP contribution in [0.1, 0.15) is 5.56 Å². The molecule has 0 fully saturated rings. The molecule has 0 N–H and O–H groups in total. The Balaban J connectivity index is 2.51. The Hall–Kier alpha value is -0.590. The molecule has 84 valence electrons. The molecule has 0 radical (unpaired) electrons. The molecule has 0 aliphatic carbocycles. The standard InChI is InChI=1S/C7H5Cl2F3N2O/c8-5-4(1-13-6(9)14-5)2-15-3-7(10,11)12/h1H,2-3H2. The fourth-order valence-corrected chi connectivity index (χ4v) is 1.10. The van der Waals surface area contributed by atoms with Gasteiger partial charge >= 0.3 is 6.18 Å². The minimum Gasteiger partial charge on any atom is -0.367 e. The first kappa shape index (κ1) is 12.5. The molecule has 0 saturated carbocycles. The molecule has 0 amide bonds. The van der Waals surface area contributed by atoms with Crippen molar-refractivity contribution < 1.29 is 17.9 Å². The molecule has 1 rings (SSSR count). The number of alkyl halides is 3. The first-order chi connectivity index (χ1) is 6.88. The summed E-state index contributed by atoms with van der Waals surface area (Å²) in [6.07, 6.45) is -3.15. The van der Waals surface area contributed by atoms with Gasteiger partial charge in [0.05, 0.1) is 6.61 Å². The van der Waals surface area contributed by atoms with Crippen molar-refractivity contribution in [3.8, 4) is 0 Å². The van der Waals surface area contributed by atoms with Gasteiger partial charge in [-0.1, -0.05) is 11.6 Å². The van der Waals surface area contributed by atoms with E-state index >= 15 is 0 Å². The molecular formula is C7H5Cl2F3N2O. The summed E-state index contributed by atoms with van der Waals surface area (Å²) in [5, 5.41) is -0.0863. The minimum atomic E-state index is -4.36. The average molecular weight is 261 g/mol. The first-order valence-electron chi connectivity index (χ1n) is 3.70. The van der Waals surface area contributed by atoms with Crippen molar-refractivity contribution in [2.75, 3.05) is 6.61 Å². The predicted molar refractivity (Wildman–Crippen MR) is 47.8 cm³/mol. The normalized spacial score (nSPS) is 11.8. The highest BCUT2D eigenvalue weighted by Gasteiger charge is 2.27. The van der Waals surface area contributed by atoms with Crippen molar-refractivity contribution >= 4 is 23.2 Å². The van der Waals surface area contributed by atoms with E-state index in [1.165, 1.54) is 6.20 Å². The van der Waals surface area contributed by atoms with Gasteiger partial charge in [0.1, 0.15) is 11.8 Å². The number of hydrogen-bond donors (Lipinski definition) is 0. The van der Waals surface area contributed by atoms with Gasteiger partial charge in [0, 0.05) is 11.8 Å². The quantitative estimate of drug-likeness (QED) is 0.619. The summed E-state index contributed by atoms with van der Waals surface area (Å²) in [5.74, 6) is 0. The molecule has 0 spiro atoms. The van der Waals surface area contributed by atoms with Crippen LogP contribution in [-0.4, -0.2) is 22.8 Å². The third kappa shape index (κ3) is 4.63. The number of aromatic nitrogens is 2. The Kier molecular flexibility index (Phi) is 4.12. The second-order valence-corrected chi connectivity index (χ2v) is 3.26. The van der Waals surface area contributed by atoms with Crippen LogP contribution in [0.15, 0.2) is 6.20 Å². The molecule has 0 atom stereocenters. The molecule has 0 saturated heterocycles. The van der Waals surface area contributed by atoms with Gasteiger partial charge in [0.2, 0.25) is 5.28 Å². The van der Waals surface area contributed by atoms with E-state index in [1.807, 2.05) is 0 Å². The highest BCUT2D eigenvalue weighted by molar-refractivity contribution is 6.32. The van der Waals surface area contributed by atoms with Crippen molar-refractivity contribution in [3.05, 3.63) is 22.2 Å². The summed E-state index contributed by atoms with van der Waals surface area (Å²) in [5.41, 5.74) is 0.255. The summed E-state index contributed by atoms with van der Waals surface area (Å²) in [7, 11) is 0. The first-order valence-corrected chi connectivity index (χ1v) is 4.45. The maximum Gasteiger partial charge on any atom is 0.411 e. The molecule has 1 heterocycles. The monoisotopic (exact) mass is 260 g/mol. The Bertz CT molecular complexity index is 345. The number of rotatable bonds is 3. The van der Waals surface area contributed by atoms with Crippen molar-refractivity contribution in [1.82, 2.24) is 9.97 Å². The van der Waals surface area contributed by atoms with Gasteiger partial charge in [-0.25, -0.2) is 9.97 Å². The van der Waals surface area contributed by atoms with Crippen LogP contribution in [0.3, 0.4) is 0 Å². The van der Waals surface area contributed by atoms with Gasteiger partial charge in [-0.15, -0.1) is 0 Å². The summed E-state index contributed by atoms with van der Waals surface area (Å²) in [6.45, 7) is -1.65. The third-order valence-corrected chi connectivity index (χ3v) is 1.81. The summed E-state index contributed by atoms with van der Waals surface area (Å²) >= 11 is 11.0. The van der Waals surface area contributed by atoms with E-state index in [2.05, 4.69) is 14.7 Å². The maximum atomic E-state index is 11.7. The van der Waals surface area contributed by atoms with E-state index < -0.39 is 12.8 Å². The molecular weight excluding hydrogens is 256 g/mol. The zero-order chi connectivity index (χ0) is 11.5. The lowest BCUT2D eigenvalue weighted by molar-refractivity contribution is -0.176. The lowest BCUT2D eigenvalue weighted by atomic mass is 10.4. The van der Waals surface area contributed by atoms with Crippen molar-refractivity contribution in [2.45, 2.75) is 12.8 Å². The van der Waals surface area contributed by atoms with Gasteiger partial charge in [0.25, 0.3) is 0 Å². The van der Waals surface area contributed by atoms with E-state index in [-0.39, 0.29) is 22.6 Å². The van der Waals surface area contributed by atoms with E-state index in [4.69, 9.17) is 23.2 Å². The summed E-state index contributed by atoms with van der Waals surface area (Å²) < 4.78 is 39.5. The topological polar surface area (TPSA) is 35.0 Å². The van der Waals surface area contributed by atoms with Gasteiger partial charge < -0.3 is 4.74 Å². The fraction of sp³-hybridized carbons (Fsp3) is 0.429. The van der Waals surface area contributed by atoms with Crippen LogP contribution in [0.4, 0.5) is 13.2 Å². The van der Waals surface area contributed by atoms with Crippen LogP contribution < -0.4 is 0 Å². The second-order valence-electron chi connectivity index (χ2n) is 2.56. The predicted octanol–water partition coefficient (Wildman–Crippen LogP) is 2.86. The average Bonchev–Trinajstić information content (AvgIpc) is 2.07. The lowest BCUT2D eigenvalue weighted by Gasteiger charge is -2.07. The Morgan fingerprint density at radius 3 is 2.53 bits per heavy atom. The SMILES string of the molecule is FC(F)(F)COCc1cnc(Cl)nc1Cl. The van der Waals surface area contributed by atoms with Gasteiger partial charge in [-0.05, 0) is 11.6 Å².